The molecule has 1 N–H and O–H groups in total. The Kier molecular flexibility index (Phi) is 4.21. The van der Waals surface area contributed by atoms with Gasteiger partial charge in [0, 0.05) is 11.8 Å². The molecule has 140 valence electrons. The minimum atomic E-state index is -4.53. The number of hydrogen-bond donors (Lipinski definition) is 1. The second-order valence-electron chi connectivity index (χ2n) is 6.32. The Hall–Kier alpha value is -3.10. The van der Waals surface area contributed by atoms with Crippen molar-refractivity contribution in [1.82, 2.24) is 19.6 Å². The van der Waals surface area contributed by atoms with Crippen molar-refractivity contribution in [2.45, 2.75) is 32.0 Å². The lowest BCUT2D eigenvalue weighted by atomic mass is 10.2. The molecule has 6 nitrogen and oxygen atoms in total. The summed E-state index contributed by atoms with van der Waals surface area (Å²) in [5.74, 6) is 0.112. The third-order valence-electron chi connectivity index (χ3n) is 4.40. The molecule has 9 heteroatoms. The van der Waals surface area contributed by atoms with Crippen LogP contribution in [0.4, 0.5) is 19.0 Å². The third kappa shape index (κ3) is 3.44. The number of alkyl halides is 3. The molecule has 2 aromatic heterocycles. The lowest BCUT2D eigenvalue weighted by Gasteiger charge is -2.11. The maximum Gasteiger partial charge on any atom is 0.435 e. The van der Waals surface area contributed by atoms with Gasteiger partial charge in [0.1, 0.15) is 12.4 Å². The van der Waals surface area contributed by atoms with Gasteiger partial charge in [-0.05, 0) is 37.5 Å². The summed E-state index contributed by atoms with van der Waals surface area (Å²) in [6.07, 6.45) is -0.788. The van der Waals surface area contributed by atoms with Crippen LogP contribution in [0.3, 0.4) is 0 Å². The normalized spacial score (nSPS) is 13.6. The van der Waals surface area contributed by atoms with Crippen molar-refractivity contribution in [3.63, 3.8) is 0 Å². The summed E-state index contributed by atoms with van der Waals surface area (Å²) >= 11 is 0. The number of benzene rings is 1. The van der Waals surface area contributed by atoms with Crippen LogP contribution in [0.15, 0.2) is 42.6 Å². The van der Waals surface area contributed by atoms with E-state index in [1.54, 1.807) is 4.68 Å². The van der Waals surface area contributed by atoms with Gasteiger partial charge < -0.3 is 5.32 Å². The van der Waals surface area contributed by atoms with E-state index in [1.165, 1.54) is 0 Å². The number of para-hydroxylation sites is 1. The Morgan fingerprint density at radius 3 is 2.59 bits per heavy atom. The predicted molar refractivity (Wildman–Crippen MR) is 91.4 cm³/mol. The molecule has 0 spiro atoms. The number of rotatable bonds is 4. The van der Waals surface area contributed by atoms with Crippen molar-refractivity contribution < 1.29 is 18.0 Å². The molecule has 0 bridgehead atoms. The van der Waals surface area contributed by atoms with Crippen molar-refractivity contribution in [3.05, 3.63) is 59.5 Å². The van der Waals surface area contributed by atoms with Crippen molar-refractivity contribution >= 4 is 11.7 Å². The third-order valence-corrected chi connectivity index (χ3v) is 4.40. The zero-order chi connectivity index (χ0) is 19.0. The van der Waals surface area contributed by atoms with Gasteiger partial charge in [-0.1, -0.05) is 18.2 Å². The average Bonchev–Trinajstić information content (AvgIpc) is 3.32. The Morgan fingerprint density at radius 1 is 1.11 bits per heavy atom. The number of anilines is 1. The number of hydrogen-bond acceptors (Lipinski definition) is 3. The number of aromatic nitrogens is 4. The second-order valence-corrected chi connectivity index (χ2v) is 6.32. The molecule has 2 heterocycles. The maximum atomic E-state index is 12.6. The highest BCUT2D eigenvalue weighted by molar-refractivity contribution is 5.91. The molecule has 0 radical (unpaired) electrons. The Labute approximate surface area is 152 Å². The van der Waals surface area contributed by atoms with Crippen LogP contribution in [0, 0.1) is 0 Å². The first-order chi connectivity index (χ1) is 12.9. The summed E-state index contributed by atoms with van der Waals surface area (Å²) in [6.45, 7) is -0.315. The molecule has 1 amide bonds. The van der Waals surface area contributed by atoms with E-state index >= 15 is 0 Å². The Balaban J connectivity index is 1.57. The molecular formula is C18H16F3N5O. The fraction of sp³-hybridized carbons (Fsp3) is 0.278. The Morgan fingerprint density at radius 2 is 1.89 bits per heavy atom. The SMILES string of the molecule is O=C(Cn1ccc(C(F)(F)F)n1)Nc1c2c(nn1-c1ccccc1)CCC2. The van der Waals surface area contributed by atoms with Gasteiger partial charge in [-0.3, -0.25) is 9.48 Å². The van der Waals surface area contributed by atoms with Gasteiger partial charge in [-0.2, -0.15) is 23.4 Å². The van der Waals surface area contributed by atoms with Gasteiger partial charge in [-0.25, -0.2) is 4.68 Å². The molecule has 1 aliphatic carbocycles. The molecule has 27 heavy (non-hydrogen) atoms. The van der Waals surface area contributed by atoms with E-state index in [4.69, 9.17) is 0 Å². The summed E-state index contributed by atoms with van der Waals surface area (Å²) in [5.41, 5.74) is 1.70. The van der Waals surface area contributed by atoms with E-state index in [1.807, 2.05) is 30.3 Å². The fourth-order valence-corrected chi connectivity index (χ4v) is 3.20. The summed E-state index contributed by atoms with van der Waals surface area (Å²) in [6, 6.07) is 10.2. The molecule has 0 unspecified atom stereocenters. The second kappa shape index (κ2) is 6.57. The molecule has 0 atom stereocenters. The van der Waals surface area contributed by atoms with Gasteiger partial charge in [0.05, 0.1) is 11.4 Å². The quantitative estimate of drug-likeness (QED) is 0.762. The first-order valence-corrected chi connectivity index (χ1v) is 8.48. The molecule has 4 rings (SSSR count). The van der Waals surface area contributed by atoms with Crippen molar-refractivity contribution in [3.8, 4) is 5.69 Å². The van der Waals surface area contributed by atoms with Crippen LogP contribution >= 0.6 is 0 Å². The highest BCUT2D eigenvalue weighted by Gasteiger charge is 2.33. The van der Waals surface area contributed by atoms with Gasteiger partial charge in [-0.15, -0.1) is 0 Å². The standard InChI is InChI=1S/C18H16F3N5O/c19-18(20,21)15-9-10-25(24-15)11-16(27)22-17-13-7-4-8-14(13)23-26(17)12-5-2-1-3-6-12/h1-3,5-6,9-10H,4,7-8,11H2,(H,22,27). The van der Waals surface area contributed by atoms with Gasteiger partial charge in [0.25, 0.3) is 0 Å². The van der Waals surface area contributed by atoms with Crippen LogP contribution < -0.4 is 5.32 Å². The van der Waals surface area contributed by atoms with Crippen LogP contribution in [-0.2, 0) is 30.4 Å². The number of nitrogens with zero attached hydrogens (tertiary/aromatic N) is 4. The molecule has 1 aliphatic rings. The number of amides is 1. The topological polar surface area (TPSA) is 64.7 Å². The smallest absolute Gasteiger partial charge is 0.309 e. The van der Waals surface area contributed by atoms with Crippen LogP contribution in [0.1, 0.15) is 23.4 Å². The van der Waals surface area contributed by atoms with Crippen molar-refractivity contribution in [2.75, 3.05) is 5.32 Å². The van der Waals surface area contributed by atoms with E-state index in [0.717, 1.165) is 53.2 Å². The predicted octanol–water partition coefficient (Wildman–Crippen LogP) is 3.22. The highest BCUT2D eigenvalue weighted by Crippen LogP contribution is 2.31. The summed E-state index contributed by atoms with van der Waals surface area (Å²) in [4.78, 5) is 12.4. The van der Waals surface area contributed by atoms with Gasteiger partial charge in [0.15, 0.2) is 5.69 Å². The maximum absolute atomic E-state index is 12.6. The zero-order valence-electron chi connectivity index (χ0n) is 14.2. The van der Waals surface area contributed by atoms with E-state index in [2.05, 4.69) is 15.5 Å². The molecule has 0 saturated heterocycles. The molecule has 3 aromatic rings. The number of carbonyl (C=O) groups excluding carboxylic acids is 1. The first kappa shape index (κ1) is 17.3. The van der Waals surface area contributed by atoms with Crippen molar-refractivity contribution in [1.29, 1.82) is 0 Å². The fourth-order valence-electron chi connectivity index (χ4n) is 3.20. The number of fused-ring (bicyclic) bond motifs is 1. The molecular weight excluding hydrogens is 359 g/mol. The number of nitrogens with one attached hydrogen (secondary N) is 1. The number of carbonyl (C=O) groups is 1. The van der Waals surface area contributed by atoms with Gasteiger partial charge in [0.2, 0.25) is 5.91 Å². The monoisotopic (exact) mass is 375 g/mol. The molecule has 0 aliphatic heterocycles. The van der Waals surface area contributed by atoms with E-state index in [-0.39, 0.29) is 6.54 Å². The minimum absolute atomic E-state index is 0.315. The molecule has 1 aromatic carbocycles. The number of aryl methyl sites for hydroxylation is 1. The van der Waals surface area contributed by atoms with E-state index in [0.29, 0.717) is 5.82 Å². The van der Waals surface area contributed by atoms with Crippen molar-refractivity contribution in [2.24, 2.45) is 0 Å². The highest BCUT2D eigenvalue weighted by atomic mass is 19.4. The van der Waals surface area contributed by atoms with Gasteiger partial charge >= 0.3 is 6.18 Å². The Bertz CT molecular complexity index is 975. The van der Waals surface area contributed by atoms with Crippen LogP contribution in [0.5, 0.6) is 0 Å². The zero-order valence-corrected chi connectivity index (χ0v) is 14.2. The molecule has 0 saturated carbocycles. The lowest BCUT2D eigenvalue weighted by Crippen LogP contribution is -2.22. The van der Waals surface area contributed by atoms with E-state index < -0.39 is 17.8 Å². The summed E-state index contributed by atoms with van der Waals surface area (Å²) in [5, 5.41) is 10.8. The number of halogens is 3. The molecule has 0 fully saturated rings. The minimum Gasteiger partial charge on any atom is -0.309 e. The average molecular weight is 375 g/mol. The van der Waals surface area contributed by atoms with Crippen LogP contribution in [-0.4, -0.2) is 25.5 Å². The lowest BCUT2D eigenvalue weighted by molar-refractivity contribution is -0.141. The largest absolute Gasteiger partial charge is 0.435 e. The van der Waals surface area contributed by atoms with Crippen LogP contribution in [0.2, 0.25) is 0 Å². The van der Waals surface area contributed by atoms with Crippen LogP contribution in [0.25, 0.3) is 5.69 Å². The summed E-state index contributed by atoms with van der Waals surface area (Å²) in [7, 11) is 0. The first-order valence-electron chi connectivity index (χ1n) is 8.48. The summed E-state index contributed by atoms with van der Waals surface area (Å²) < 4.78 is 40.6. The van der Waals surface area contributed by atoms with E-state index in [9.17, 15) is 18.0 Å².